The minimum atomic E-state index is -0.341. The lowest BCUT2D eigenvalue weighted by Gasteiger charge is -2.13. The summed E-state index contributed by atoms with van der Waals surface area (Å²) in [7, 11) is 1.83. The molecule has 0 bridgehead atoms. The number of rotatable bonds is 4. The summed E-state index contributed by atoms with van der Waals surface area (Å²) in [5.41, 5.74) is 2.30. The first-order valence-electron chi connectivity index (χ1n) is 6.69. The largest absolute Gasteiger partial charge is 0.448 e. The van der Waals surface area contributed by atoms with E-state index in [0.29, 0.717) is 23.1 Å². The summed E-state index contributed by atoms with van der Waals surface area (Å²) < 4.78 is 12.3. The summed E-state index contributed by atoms with van der Waals surface area (Å²) in [6.45, 7) is 2.49. The van der Waals surface area contributed by atoms with Crippen LogP contribution >= 0.6 is 11.6 Å². The van der Waals surface area contributed by atoms with Gasteiger partial charge in [-0.05, 0) is 55.4 Å². The first-order valence-corrected chi connectivity index (χ1v) is 7.07. The topological polar surface area (TPSA) is 60.3 Å². The van der Waals surface area contributed by atoms with Crippen LogP contribution in [-0.2, 0) is 6.54 Å². The van der Waals surface area contributed by atoms with E-state index >= 15 is 0 Å². The van der Waals surface area contributed by atoms with Crippen LogP contribution in [0, 0.1) is 0 Å². The normalized spacial score (nSPS) is 12.9. The third-order valence-electron chi connectivity index (χ3n) is 3.51. The highest BCUT2D eigenvalue weighted by Crippen LogP contribution is 2.27. The van der Waals surface area contributed by atoms with E-state index in [1.807, 2.05) is 38.2 Å². The fraction of sp³-hybridized carbons (Fsp3) is 0.267. The van der Waals surface area contributed by atoms with Gasteiger partial charge >= 0.3 is 5.76 Å². The van der Waals surface area contributed by atoms with E-state index in [9.17, 15) is 4.79 Å². The molecule has 0 radical (unpaired) electrons. The van der Waals surface area contributed by atoms with Gasteiger partial charge in [0.25, 0.3) is 0 Å². The molecule has 0 fully saturated rings. The number of furan rings is 1. The summed E-state index contributed by atoms with van der Waals surface area (Å²) in [6.07, 6.45) is 0. The molecule has 21 heavy (non-hydrogen) atoms. The molecule has 2 aromatic heterocycles. The molecule has 1 N–H and O–H groups in total. The molecule has 0 saturated heterocycles. The van der Waals surface area contributed by atoms with Crippen LogP contribution in [0.25, 0.3) is 11.1 Å². The van der Waals surface area contributed by atoms with Gasteiger partial charge < -0.3 is 14.2 Å². The number of nitrogens with zero attached hydrogens (tertiary/aromatic N) is 1. The second kappa shape index (κ2) is 5.42. The van der Waals surface area contributed by atoms with Crippen molar-refractivity contribution in [2.45, 2.75) is 19.5 Å². The standard InChI is InChI=1S/C15H15ClN2O3/c1-3-18-10-5-4-9(8-12(10)21-15(18)19)14(17-2)11-6-7-13(16)20-11/h4-8,14,17H,3H2,1-2H3. The predicted octanol–water partition coefficient (Wildman–Crippen LogP) is 3.17. The molecule has 0 saturated carbocycles. The molecule has 0 amide bonds. The number of hydrogen-bond donors (Lipinski definition) is 1. The Hall–Kier alpha value is -1.98. The Morgan fingerprint density at radius 3 is 2.71 bits per heavy atom. The highest BCUT2D eigenvalue weighted by Gasteiger charge is 2.18. The minimum absolute atomic E-state index is 0.155. The van der Waals surface area contributed by atoms with Gasteiger partial charge in [-0.3, -0.25) is 4.57 Å². The smallest absolute Gasteiger partial charge is 0.419 e. The summed E-state index contributed by atoms with van der Waals surface area (Å²) >= 11 is 5.83. The molecule has 5 nitrogen and oxygen atoms in total. The van der Waals surface area contributed by atoms with Crippen LogP contribution in [0.5, 0.6) is 0 Å². The summed E-state index contributed by atoms with van der Waals surface area (Å²) in [6, 6.07) is 9.04. The van der Waals surface area contributed by atoms with Crippen LogP contribution < -0.4 is 11.1 Å². The SMILES string of the molecule is CCn1c(=O)oc2cc(C(NC)c3ccc(Cl)o3)ccc21. The average Bonchev–Trinajstić information content (AvgIpc) is 3.02. The maximum atomic E-state index is 11.7. The van der Waals surface area contributed by atoms with Crippen molar-refractivity contribution in [2.75, 3.05) is 7.05 Å². The van der Waals surface area contributed by atoms with Crippen molar-refractivity contribution in [3.05, 3.63) is 57.4 Å². The maximum absolute atomic E-state index is 11.7. The number of fused-ring (bicyclic) bond motifs is 1. The van der Waals surface area contributed by atoms with Crippen molar-refractivity contribution in [3.8, 4) is 0 Å². The Labute approximate surface area is 126 Å². The maximum Gasteiger partial charge on any atom is 0.419 e. The van der Waals surface area contributed by atoms with Gasteiger partial charge in [-0.25, -0.2) is 4.79 Å². The zero-order valence-electron chi connectivity index (χ0n) is 11.7. The van der Waals surface area contributed by atoms with Crippen molar-refractivity contribution in [1.29, 1.82) is 0 Å². The molecule has 0 aliphatic heterocycles. The first kappa shape index (κ1) is 14.0. The fourth-order valence-electron chi connectivity index (χ4n) is 2.52. The zero-order chi connectivity index (χ0) is 15.0. The second-order valence-corrected chi connectivity index (χ2v) is 5.08. The van der Waals surface area contributed by atoms with Gasteiger partial charge in [0, 0.05) is 6.54 Å². The lowest BCUT2D eigenvalue weighted by Crippen LogP contribution is -2.16. The molecule has 3 aromatic rings. The van der Waals surface area contributed by atoms with Crippen LogP contribution in [0.15, 0.2) is 44.0 Å². The Morgan fingerprint density at radius 2 is 2.10 bits per heavy atom. The lowest BCUT2D eigenvalue weighted by atomic mass is 10.0. The molecule has 0 aliphatic rings. The Balaban J connectivity index is 2.09. The van der Waals surface area contributed by atoms with Gasteiger partial charge in [0.05, 0.1) is 11.6 Å². The molecule has 0 aliphatic carbocycles. The molecule has 0 spiro atoms. The predicted molar refractivity (Wildman–Crippen MR) is 80.8 cm³/mol. The molecule has 2 heterocycles. The number of aromatic nitrogens is 1. The lowest BCUT2D eigenvalue weighted by molar-refractivity contribution is 0.464. The van der Waals surface area contributed by atoms with Crippen molar-refractivity contribution in [3.63, 3.8) is 0 Å². The van der Waals surface area contributed by atoms with E-state index < -0.39 is 0 Å². The Bertz CT molecular complexity index is 831. The molecule has 1 aromatic carbocycles. The summed E-state index contributed by atoms with van der Waals surface area (Å²) in [5, 5.41) is 3.51. The van der Waals surface area contributed by atoms with E-state index in [0.717, 1.165) is 11.1 Å². The van der Waals surface area contributed by atoms with Crippen LogP contribution in [0.3, 0.4) is 0 Å². The minimum Gasteiger partial charge on any atom is -0.448 e. The zero-order valence-corrected chi connectivity index (χ0v) is 12.5. The molecular weight excluding hydrogens is 292 g/mol. The molecular formula is C15H15ClN2O3. The highest BCUT2D eigenvalue weighted by atomic mass is 35.5. The van der Waals surface area contributed by atoms with Crippen LogP contribution in [0.2, 0.25) is 5.22 Å². The monoisotopic (exact) mass is 306 g/mol. The highest BCUT2D eigenvalue weighted by molar-refractivity contribution is 6.28. The van der Waals surface area contributed by atoms with Crippen molar-refractivity contribution in [2.24, 2.45) is 0 Å². The number of benzene rings is 1. The average molecular weight is 307 g/mol. The summed E-state index contributed by atoms with van der Waals surface area (Å²) in [4.78, 5) is 11.7. The van der Waals surface area contributed by atoms with E-state index in [2.05, 4.69) is 5.32 Å². The number of oxazole rings is 1. The number of aryl methyl sites for hydroxylation is 1. The van der Waals surface area contributed by atoms with E-state index in [-0.39, 0.29) is 11.8 Å². The van der Waals surface area contributed by atoms with Crippen LogP contribution in [0.1, 0.15) is 24.3 Å². The van der Waals surface area contributed by atoms with Gasteiger partial charge in [-0.2, -0.15) is 0 Å². The van der Waals surface area contributed by atoms with Crippen molar-refractivity contribution >= 4 is 22.7 Å². The quantitative estimate of drug-likeness (QED) is 0.804. The first-order chi connectivity index (χ1) is 10.1. The van der Waals surface area contributed by atoms with E-state index in [1.54, 1.807) is 10.6 Å². The molecule has 1 atom stereocenters. The molecule has 1 unspecified atom stereocenters. The second-order valence-electron chi connectivity index (χ2n) is 4.70. The van der Waals surface area contributed by atoms with Gasteiger partial charge in [0.1, 0.15) is 5.76 Å². The number of hydrogen-bond acceptors (Lipinski definition) is 4. The molecule has 3 rings (SSSR count). The fourth-order valence-corrected chi connectivity index (χ4v) is 2.67. The molecule has 110 valence electrons. The van der Waals surface area contributed by atoms with Gasteiger partial charge in [-0.1, -0.05) is 6.07 Å². The van der Waals surface area contributed by atoms with E-state index in [4.69, 9.17) is 20.4 Å². The van der Waals surface area contributed by atoms with Gasteiger partial charge in [-0.15, -0.1) is 0 Å². The third-order valence-corrected chi connectivity index (χ3v) is 3.71. The summed E-state index contributed by atoms with van der Waals surface area (Å²) in [5.74, 6) is 0.367. The Kier molecular flexibility index (Phi) is 3.61. The Morgan fingerprint density at radius 1 is 1.29 bits per heavy atom. The van der Waals surface area contributed by atoms with Crippen molar-refractivity contribution < 1.29 is 8.83 Å². The van der Waals surface area contributed by atoms with Crippen molar-refractivity contribution in [1.82, 2.24) is 9.88 Å². The van der Waals surface area contributed by atoms with Crippen LogP contribution in [0.4, 0.5) is 0 Å². The van der Waals surface area contributed by atoms with Crippen LogP contribution in [-0.4, -0.2) is 11.6 Å². The number of nitrogens with one attached hydrogen (secondary N) is 1. The van der Waals surface area contributed by atoms with Gasteiger partial charge in [0.2, 0.25) is 0 Å². The third kappa shape index (κ3) is 2.39. The molecule has 6 heteroatoms. The van der Waals surface area contributed by atoms with E-state index in [1.165, 1.54) is 0 Å². The van der Waals surface area contributed by atoms with Gasteiger partial charge in [0.15, 0.2) is 10.8 Å². The number of halogens is 1.